The van der Waals surface area contributed by atoms with E-state index in [9.17, 15) is 0 Å². The summed E-state index contributed by atoms with van der Waals surface area (Å²) in [5.41, 5.74) is 7.36. The minimum Gasteiger partial charge on any atom is -0.265 e. The third-order valence-electron chi connectivity index (χ3n) is 9.00. The molecule has 9 rings (SSSR count). The standard InChI is InChI=1S/C44H28N4/c1-2-10-32(11-3-1)42-46-43(48-44(47-42)36-14-8-13-34(27-36)29-23-25-45-26-24-29)33-19-17-31(18-20-33)41-38-16-7-5-12-35(38)28-40-37-15-6-4-9-30(37)21-22-39(40)41/h1-28H. The fourth-order valence-electron chi connectivity index (χ4n) is 6.65. The Hall–Kier alpha value is -6.52. The molecule has 48 heavy (non-hydrogen) atoms. The zero-order valence-corrected chi connectivity index (χ0v) is 26.0. The Morgan fingerprint density at radius 1 is 0.292 bits per heavy atom. The molecule has 7 aromatic carbocycles. The van der Waals surface area contributed by atoms with Gasteiger partial charge in [0.05, 0.1) is 0 Å². The Morgan fingerprint density at radius 3 is 1.65 bits per heavy atom. The molecule has 0 aliphatic carbocycles. The average Bonchev–Trinajstić information content (AvgIpc) is 3.17. The summed E-state index contributed by atoms with van der Waals surface area (Å²) in [6, 6.07) is 55.2. The van der Waals surface area contributed by atoms with Gasteiger partial charge in [-0.15, -0.1) is 0 Å². The third-order valence-corrected chi connectivity index (χ3v) is 9.00. The number of nitrogens with zero attached hydrogens (tertiary/aromatic N) is 4. The summed E-state index contributed by atoms with van der Waals surface area (Å²) in [4.78, 5) is 19.2. The average molecular weight is 613 g/mol. The van der Waals surface area contributed by atoms with Gasteiger partial charge in [0, 0.05) is 29.1 Å². The lowest BCUT2D eigenvalue weighted by atomic mass is 9.89. The highest BCUT2D eigenvalue weighted by molar-refractivity contribution is 6.20. The summed E-state index contributed by atoms with van der Waals surface area (Å²) in [6.07, 6.45) is 3.62. The van der Waals surface area contributed by atoms with Gasteiger partial charge in [-0.2, -0.15) is 0 Å². The predicted molar refractivity (Wildman–Crippen MR) is 197 cm³/mol. The van der Waals surface area contributed by atoms with Gasteiger partial charge < -0.3 is 0 Å². The fraction of sp³-hybridized carbons (Fsp3) is 0. The number of hydrogen-bond acceptors (Lipinski definition) is 4. The number of pyridine rings is 1. The maximum absolute atomic E-state index is 5.04. The molecule has 9 aromatic rings. The van der Waals surface area contributed by atoms with E-state index in [4.69, 9.17) is 15.0 Å². The smallest absolute Gasteiger partial charge is 0.164 e. The molecule has 0 amide bonds. The first-order chi connectivity index (χ1) is 23.8. The highest BCUT2D eigenvalue weighted by atomic mass is 15.0. The second-order valence-electron chi connectivity index (χ2n) is 11.9. The Kier molecular flexibility index (Phi) is 6.76. The van der Waals surface area contributed by atoms with Gasteiger partial charge in [0.2, 0.25) is 0 Å². The normalized spacial score (nSPS) is 11.3. The summed E-state index contributed by atoms with van der Waals surface area (Å²) in [6.45, 7) is 0. The maximum Gasteiger partial charge on any atom is 0.164 e. The van der Waals surface area contributed by atoms with Gasteiger partial charge in [0.15, 0.2) is 17.5 Å². The molecule has 0 fully saturated rings. The SMILES string of the molecule is c1ccc(-c2nc(-c3ccc(-c4c5ccccc5cc5c4ccc4ccccc45)cc3)nc(-c3cccc(-c4ccncc4)c3)n2)cc1. The molecule has 0 atom stereocenters. The van der Waals surface area contributed by atoms with Gasteiger partial charge in [0.25, 0.3) is 0 Å². The van der Waals surface area contributed by atoms with Crippen LogP contribution in [0, 0.1) is 0 Å². The van der Waals surface area contributed by atoms with E-state index in [1.54, 1.807) is 0 Å². The largest absolute Gasteiger partial charge is 0.265 e. The molecule has 0 N–H and O–H groups in total. The van der Waals surface area contributed by atoms with E-state index in [0.29, 0.717) is 17.5 Å². The quantitative estimate of drug-likeness (QED) is 0.143. The van der Waals surface area contributed by atoms with Crippen LogP contribution in [-0.2, 0) is 0 Å². The van der Waals surface area contributed by atoms with Crippen LogP contribution in [0.25, 0.3) is 88.7 Å². The second kappa shape index (κ2) is 11.7. The van der Waals surface area contributed by atoms with Crippen molar-refractivity contribution in [1.82, 2.24) is 19.9 Å². The molecule has 0 unspecified atom stereocenters. The van der Waals surface area contributed by atoms with E-state index in [1.165, 1.54) is 37.9 Å². The topological polar surface area (TPSA) is 51.6 Å². The van der Waals surface area contributed by atoms with E-state index in [0.717, 1.165) is 33.4 Å². The van der Waals surface area contributed by atoms with E-state index in [2.05, 4.69) is 114 Å². The van der Waals surface area contributed by atoms with Crippen LogP contribution in [0.1, 0.15) is 0 Å². The molecule has 0 spiro atoms. The van der Waals surface area contributed by atoms with Gasteiger partial charge in [-0.1, -0.05) is 133 Å². The Labute approximate surface area is 278 Å². The first-order valence-electron chi connectivity index (χ1n) is 16.0. The van der Waals surface area contributed by atoms with E-state index in [1.807, 2.05) is 60.9 Å². The molecule has 0 bridgehead atoms. The Balaban J connectivity index is 1.19. The van der Waals surface area contributed by atoms with Crippen LogP contribution < -0.4 is 0 Å². The monoisotopic (exact) mass is 612 g/mol. The minimum atomic E-state index is 0.630. The van der Waals surface area contributed by atoms with Crippen molar-refractivity contribution in [2.75, 3.05) is 0 Å². The van der Waals surface area contributed by atoms with Crippen molar-refractivity contribution in [1.29, 1.82) is 0 Å². The van der Waals surface area contributed by atoms with Crippen molar-refractivity contribution in [3.05, 3.63) is 170 Å². The highest BCUT2D eigenvalue weighted by Crippen LogP contribution is 2.40. The number of hydrogen-bond donors (Lipinski definition) is 0. The molecule has 0 aliphatic rings. The second-order valence-corrected chi connectivity index (χ2v) is 11.9. The summed E-state index contributed by atoms with van der Waals surface area (Å²) in [5, 5.41) is 7.46. The van der Waals surface area contributed by atoms with E-state index >= 15 is 0 Å². The molecule has 0 radical (unpaired) electrons. The lowest BCUT2D eigenvalue weighted by Gasteiger charge is -2.14. The van der Waals surface area contributed by atoms with Crippen LogP contribution in [-0.4, -0.2) is 19.9 Å². The van der Waals surface area contributed by atoms with Gasteiger partial charge in [-0.05, 0) is 78.8 Å². The first-order valence-corrected chi connectivity index (χ1v) is 16.0. The number of benzene rings is 7. The predicted octanol–water partition coefficient (Wildman–Crippen LogP) is 11.1. The highest BCUT2D eigenvalue weighted by Gasteiger charge is 2.15. The van der Waals surface area contributed by atoms with Crippen molar-refractivity contribution >= 4 is 32.3 Å². The Bertz CT molecular complexity index is 2600. The third kappa shape index (κ3) is 4.97. The molecular formula is C44H28N4. The van der Waals surface area contributed by atoms with Crippen molar-refractivity contribution in [2.45, 2.75) is 0 Å². The van der Waals surface area contributed by atoms with E-state index in [-0.39, 0.29) is 0 Å². The molecular weight excluding hydrogens is 585 g/mol. The van der Waals surface area contributed by atoms with Crippen molar-refractivity contribution in [2.24, 2.45) is 0 Å². The van der Waals surface area contributed by atoms with Crippen LogP contribution >= 0.6 is 0 Å². The van der Waals surface area contributed by atoms with Crippen LogP contribution in [0.2, 0.25) is 0 Å². The molecule has 2 heterocycles. The van der Waals surface area contributed by atoms with Crippen LogP contribution in [0.5, 0.6) is 0 Å². The van der Waals surface area contributed by atoms with Crippen LogP contribution in [0.4, 0.5) is 0 Å². The van der Waals surface area contributed by atoms with Crippen LogP contribution in [0.15, 0.2) is 170 Å². The number of aromatic nitrogens is 4. The zero-order valence-electron chi connectivity index (χ0n) is 26.0. The molecule has 4 heteroatoms. The Morgan fingerprint density at radius 2 is 0.875 bits per heavy atom. The van der Waals surface area contributed by atoms with Crippen molar-refractivity contribution < 1.29 is 0 Å². The molecule has 0 aliphatic heterocycles. The van der Waals surface area contributed by atoms with Gasteiger partial charge >= 0.3 is 0 Å². The number of rotatable bonds is 5. The first kappa shape index (κ1) is 27.8. The minimum absolute atomic E-state index is 0.630. The zero-order chi connectivity index (χ0) is 31.9. The molecule has 0 saturated heterocycles. The summed E-state index contributed by atoms with van der Waals surface area (Å²) >= 11 is 0. The van der Waals surface area contributed by atoms with E-state index < -0.39 is 0 Å². The lowest BCUT2D eigenvalue weighted by molar-refractivity contribution is 1.07. The molecule has 0 saturated carbocycles. The van der Waals surface area contributed by atoms with Crippen molar-refractivity contribution in [3.63, 3.8) is 0 Å². The van der Waals surface area contributed by atoms with Crippen LogP contribution in [0.3, 0.4) is 0 Å². The van der Waals surface area contributed by atoms with Gasteiger partial charge in [0.1, 0.15) is 0 Å². The molecule has 224 valence electrons. The molecule has 4 nitrogen and oxygen atoms in total. The summed E-state index contributed by atoms with van der Waals surface area (Å²) in [7, 11) is 0. The summed E-state index contributed by atoms with van der Waals surface area (Å²) in [5.74, 6) is 1.90. The fourth-order valence-corrected chi connectivity index (χ4v) is 6.65. The lowest BCUT2D eigenvalue weighted by Crippen LogP contribution is -2.00. The molecule has 2 aromatic heterocycles. The van der Waals surface area contributed by atoms with Crippen molar-refractivity contribution in [3.8, 4) is 56.4 Å². The summed E-state index contributed by atoms with van der Waals surface area (Å²) < 4.78 is 0. The van der Waals surface area contributed by atoms with Gasteiger partial charge in [-0.3, -0.25) is 4.98 Å². The van der Waals surface area contributed by atoms with Gasteiger partial charge in [-0.25, -0.2) is 15.0 Å². The maximum atomic E-state index is 5.04. The number of fused-ring (bicyclic) bond motifs is 4.